The highest BCUT2D eigenvalue weighted by atomic mass is 19.1. The van der Waals surface area contributed by atoms with Gasteiger partial charge >= 0.3 is 0 Å². The van der Waals surface area contributed by atoms with Crippen LogP contribution in [0, 0.1) is 11.6 Å². The number of carbonyl (C=O) groups is 1. The second-order valence-electron chi connectivity index (χ2n) is 4.82. The van der Waals surface area contributed by atoms with E-state index in [4.69, 9.17) is 10.5 Å². The number of nitrogens with two attached hydrogens (primary N) is 1. The number of nitrogens with one attached hydrogen (secondary N) is 1. The number of primary amides is 1. The molecule has 0 heterocycles. The molecule has 0 saturated heterocycles. The molecule has 106 valence electrons. The number of halogens is 2. The first-order chi connectivity index (χ1) is 8.76. The molecule has 0 aromatic heterocycles. The lowest BCUT2D eigenvalue weighted by Gasteiger charge is -2.23. The number of benzene rings is 1. The maximum atomic E-state index is 13.5. The van der Waals surface area contributed by atoms with Crippen molar-refractivity contribution in [1.29, 1.82) is 0 Å². The number of hydrogen-bond acceptors (Lipinski definition) is 3. The molecule has 1 aromatic carbocycles. The molecule has 0 bridgehead atoms. The molecule has 0 spiro atoms. The largest absolute Gasteiger partial charge is 0.383 e. The number of ether oxygens (including phenoxy) is 1. The fourth-order valence-corrected chi connectivity index (χ4v) is 1.47. The molecule has 4 nitrogen and oxygen atoms in total. The second-order valence-corrected chi connectivity index (χ2v) is 4.82. The summed E-state index contributed by atoms with van der Waals surface area (Å²) in [5.41, 5.74) is 4.36. The monoisotopic (exact) mass is 272 g/mol. The Morgan fingerprint density at radius 3 is 2.53 bits per heavy atom. The van der Waals surface area contributed by atoms with Crippen molar-refractivity contribution in [2.75, 3.05) is 19.0 Å². The van der Waals surface area contributed by atoms with Crippen molar-refractivity contribution >= 4 is 11.6 Å². The van der Waals surface area contributed by atoms with Crippen LogP contribution in [-0.2, 0) is 4.74 Å². The van der Waals surface area contributed by atoms with Crippen molar-refractivity contribution in [3.8, 4) is 0 Å². The van der Waals surface area contributed by atoms with Crippen LogP contribution < -0.4 is 11.1 Å². The van der Waals surface area contributed by atoms with E-state index >= 15 is 0 Å². The van der Waals surface area contributed by atoms with Crippen molar-refractivity contribution in [3.05, 3.63) is 29.3 Å². The molecule has 6 heteroatoms. The summed E-state index contributed by atoms with van der Waals surface area (Å²) in [4.78, 5) is 11.0. The Bertz CT molecular complexity index is 476. The average Bonchev–Trinajstić information content (AvgIpc) is 2.31. The van der Waals surface area contributed by atoms with Gasteiger partial charge in [-0.15, -0.1) is 0 Å². The highest BCUT2D eigenvalue weighted by molar-refractivity contribution is 5.94. The predicted molar refractivity (Wildman–Crippen MR) is 69.1 cm³/mol. The zero-order valence-corrected chi connectivity index (χ0v) is 11.2. The Morgan fingerprint density at radius 1 is 1.37 bits per heavy atom. The first-order valence-corrected chi connectivity index (χ1v) is 5.84. The molecule has 0 aliphatic rings. The Kier molecular flexibility index (Phi) is 4.83. The molecule has 0 aliphatic heterocycles. The number of hydrogen-bond donors (Lipinski definition) is 2. The van der Waals surface area contributed by atoms with Gasteiger partial charge < -0.3 is 15.8 Å². The molecule has 0 radical (unpaired) electrons. The van der Waals surface area contributed by atoms with E-state index < -0.39 is 17.5 Å². The van der Waals surface area contributed by atoms with Crippen LogP contribution in [0.25, 0.3) is 0 Å². The van der Waals surface area contributed by atoms with E-state index in [1.165, 1.54) is 0 Å². The zero-order valence-electron chi connectivity index (χ0n) is 11.2. The first-order valence-electron chi connectivity index (χ1n) is 5.84. The van der Waals surface area contributed by atoms with Crippen molar-refractivity contribution in [1.82, 2.24) is 0 Å². The minimum atomic E-state index is -0.965. The number of rotatable bonds is 6. The lowest BCUT2D eigenvalue weighted by atomic mass is 10.1. The Morgan fingerprint density at radius 2 is 2.00 bits per heavy atom. The van der Waals surface area contributed by atoms with Gasteiger partial charge in [0.2, 0.25) is 0 Å². The average molecular weight is 272 g/mol. The second kappa shape index (κ2) is 5.97. The lowest BCUT2D eigenvalue weighted by Crippen LogP contribution is -2.26. The van der Waals surface area contributed by atoms with Gasteiger partial charge in [-0.1, -0.05) is 0 Å². The standard InChI is InChI=1S/C13H18F2N2O2/c1-13(2,19-3)4-5-17-11-6-8(12(16)18)9(14)7-10(11)15/h6-7,17H,4-5H2,1-3H3,(H2,16,18). The van der Waals surface area contributed by atoms with Gasteiger partial charge in [-0.05, 0) is 26.3 Å². The molecule has 19 heavy (non-hydrogen) atoms. The third-order valence-electron chi connectivity index (χ3n) is 2.92. The summed E-state index contributed by atoms with van der Waals surface area (Å²) in [6.07, 6.45) is 0.617. The summed E-state index contributed by atoms with van der Waals surface area (Å²) >= 11 is 0. The third kappa shape index (κ3) is 4.17. The molecule has 1 amide bonds. The van der Waals surface area contributed by atoms with Crippen LogP contribution in [0.1, 0.15) is 30.6 Å². The van der Waals surface area contributed by atoms with Crippen LogP contribution in [0.3, 0.4) is 0 Å². The van der Waals surface area contributed by atoms with Gasteiger partial charge in [0.25, 0.3) is 5.91 Å². The van der Waals surface area contributed by atoms with Gasteiger partial charge in [0.15, 0.2) is 0 Å². The minimum Gasteiger partial charge on any atom is -0.383 e. The maximum Gasteiger partial charge on any atom is 0.251 e. The zero-order chi connectivity index (χ0) is 14.6. The van der Waals surface area contributed by atoms with E-state index in [0.717, 1.165) is 6.07 Å². The van der Waals surface area contributed by atoms with Crippen molar-refractivity contribution < 1.29 is 18.3 Å². The van der Waals surface area contributed by atoms with Gasteiger partial charge in [-0.3, -0.25) is 4.79 Å². The molecule has 1 aromatic rings. The fourth-order valence-electron chi connectivity index (χ4n) is 1.47. The van der Waals surface area contributed by atoms with Gasteiger partial charge in [-0.2, -0.15) is 0 Å². The van der Waals surface area contributed by atoms with Crippen LogP contribution in [0.5, 0.6) is 0 Å². The van der Waals surface area contributed by atoms with Crippen molar-refractivity contribution in [3.63, 3.8) is 0 Å². The fraction of sp³-hybridized carbons (Fsp3) is 0.462. The van der Waals surface area contributed by atoms with Gasteiger partial charge in [0.1, 0.15) is 11.6 Å². The lowest BCUT2D eigenvalue weighted by molar-refractivity contribution is 0.0184. The molecular formula is C13H18F2N2O2. The highest BCUT2D eigenvalue weighted by Gasteiger charge is 2.17. The van der Waals surface area contributed by atoms with E-state index in [9.17, 15) is 13.6 Å². The molecule has 0 atom stereocenters. The van der Waals surface area contributed by atoms with E-state index in [-0.39, 0.29) is 16.9 Å². The summed E-state index contributed by atoms with van der Waals surface area (Å²) in [5.74, 6) is -2.66. The first kappa shape index (κ1) is 15.4. The summed E-state index contributed by atoms with van der Waals surface area (Å²) in [6.45, 7) is 4.21. The smallest absolute Gasteiger partial charge is 0.251 e. The molecule has 0 unspecified atom stereocenters. The van der Waals surface area contributed by atoms with Gasteiger partial charge in [0.05, 0.1) is 16.9 Å². The van der Waals surface area contributed by atoms with E-state index in [1.54, 1.807) is 7.11 Å². The number of carbonyl (C=O) groups excluding carboxylic acids is 1. The van der Waals surface area contributed by atoms with Crippen LogP contribution in [0.15, 0.2) is 12.1 Å². The topological polar surface area (TPSA) is 64.3 Å². The molecule has 0 saturated carbocycles. The van der Waals surface area contributed by atoms with Gasteiger partial charge in [0, 0.05) is 19.7 Å². The van der Waals surface area contributed by atoms with E-state index in [1.807, 2.05) is 13.8 Å². The van der Waals surface area contributed by atoms with Crippen LogP contribution >= 0.6 is 0 Å². The molecule has 1 rings (SSSR count). The summed E-state index contributed by atoms with van der Waals surface area (Å²) in [7, 11) is 1.59. The summed E-state index contributed by atoms with van der Waals surface area (Å²) in [5, 5.41) is 2.80. The van der Waals surface area contributed by atoms with Crippen molar-refractivity contribution in [2.45, 2.75) is 25.9 Å². The quantitative estimate of drug-likeness (QED) is 0.835. The van der Waals surface area contributed by atoms with Crippen LogP contribution in [0.4, 0.5) is 14.5 Å². The number of amides is 1. The third-order valence-corrected chi connectivity index (χ3v) is 2.92. The highest BCUT2D eigenvalue weighted by Crippen LogP contribution is 2.20. The molecule has 3 N–H and O–H groups in total. The van der Waals surface area contributed by atoms with Gasteiger partial charge in [-0.25, -0.2) is 8.78 Å². The molecule has 0 aliphatic carbocycles. The minimum absolute atomic E-state index is 0.0436. The number of anilines is 1. The Hall–Kier alpha value is -1.69. The van der Waals surface area contributed by atoms with Crippen LogP contribution in [0.2, 0.25) is 0 Å². The number of methoxy groups -OCH3 is 1. The van der Waals surface area contributed by atoms with Crippen molar-refractivity contribution in [2.24, 2.45) is 5.73 Å². The van der Waals surface area contributed by atoms with E-state index in [2.05, 4.69) is 5.32 Å². The normalized spacial score (nSPS) is 11.4. The molecule has 0 fully saturated rings. The molecular weight excluding hydrogens is 254 g/mol. The summed E-state index contributed by atoms with van der Waals surface area (Å²) in [6, 6.07) is 1.72. The van der Waals surface area contributed by atoms with E-state index in [0.29, 0.717) is 19.0 Å². The predicted octanol–water partition coefficient (Wildman–Crippen LogP) is 2.29. The van der Waals surface area contributed by atoms with Crippen LogP contribution in [-0.4, -0.2) is 25.2 Å². The summed E-state index contributed by atoms with van der Waals surface area (Å²) < 4.78 is 32.0. The SMILES string of the molecule is COC(C)(C)CCNc1cc(C(N)=O)c(F)cc1F. The Labute approximate surface area is 110 Å². The maximum absolute atomic E-state index is 13.5. The Balaban J connectivity index is 2.79.